The van der Waals surface area contributed by atoms with E-state index in [4.69, 9.17) is 5.11 Å². The number of nitrogens with zero attached hydrogens (tertiary/aromatic N) is 2. The predicted molar refractivity (Wildman–Crippen MR) is 56.0 cm³/mol. The van der Waals surface area contributed by atoms with Crippen LogP contribution in [0.4, 0.5) is 0 Å². The molecule has 0 saturated carbocycles. The van der Waals surface area contributed by atoms with Gasteiger partial charge in [-0.1, -0.05) is 0 Å². The third-order valence-electron chi connectivity index (χ3n) is 2.00. The molecule has 1 aromatic heterocycles. The van der Waals surface area contributed by atoms with Gasteiger partial charge in [0.05, 0.1) is 17.0 Å². The largest absolute Gasteiger partial charge is 0.388 e. The van der Waals surface area contributed by atoms with Gasteiger partial charge >= 0.3 is 0 Å². The van der Waals surface area contributed by atoms with E-state index in [1.807, 2.05) is 0 Å². The van der Waals surface area contributed by atoms with Gasteiger partial charge in [0.15, 0.2) is 5.78 Å². The fourth-order valence-corrected chi connectivity index (χ4v) is 1.94. The molecule has 0 aliphatic carbocycles. The van der Waals surface area contributed by atoms with Crippen LogP contribution in [0.5, 0.6) is 0 Å². The van der Waals surface area contributed by atoms with Gasteiger partial charge in [-0.15, -0.1) is 0 Å². The van der Waals surface area contributed by atoms with Crippen molar-refractivity contribution in [3.8, 4) is 0 Å². The lowest BCUT2D eigenvalue weighted by Crippen LogP contribution is -2.15. The van der Waals surface area contributed by atoms with Crippen molar-refractivity contribution in [2.24, 2.45) is 0 Å². The number of carbonyl (C=O) groups excluding carboxylic acids is 1. The summed E-state index contributed by atoms with van der Waals surface area (Å²) in [6.45, 7) is 2.36. The summed E-state index contributed by atoms with van der Waals surface area (Å²) in [7, 11) is -3.49. The molecule has 16 heavy (non-hydrogen) atoms. The van der Waals surface area contributed by atoms with Crippen LogP contribution in [-0.2, 0) is 9.84 Å². The van der Waals surface area contributed by atoms with Gasteiger partial charge in [-0.2, -0.15) is 0 Å². The zero-order valence-corrected chi connectivity index (χ0v) is 10.00. The van der Waals surface area contributed by atoms with Crippen molar-refractivity contribution in [3.05, 3.63) is 17.0 Å². The van der Waals surface area contributed by atoms with Crippen LogP contribution < -0.4 is 0 Å². The first kappa shape index (κ1) is 12.7. The summed E-state index contributed by atoms with van der Waals surface area (Å²) in [4.78, 5) is 18.8. The summed E-state index contributed by atoms with van der Waals surface area (Å²) in [5, 5.41) is 8.43. The number of Topliss-reactive ketones (excluding diaryl/α,β-unsaturated/α-hetero) is 1. The van der Waals surface area contributed by atoms with Crippen molar-refractivity contribution in [2.45, 2.75) is 19.0 Å². The number of hydrogen-bond acceptors (Lipinski definition) is 6. The molecule has 0 aliphatic heterocycles. The Bertz CT molecular complexity index is 513. The first-order chi connectivity index (χ1) is 7.27. The second-order valence-corrected chi connectivity index (χ2v) is 5.31. The van der Waals surface area contributed by atoms with Gasteiger partial charge in [-0.05, 0) is 13.8 Å². The van der Waals surface area contributed by atoms with E-state index in [2.05, 4.69) is 9.97 Å². The highest BCUT2D eigenvalue weighted by Crippen LogP contribution is 2.13. The number of hydrogen-bond donors (Lipinski definition) is 1. The highest BCUT2D eigenvalue weighted by atomic mass is 32.2. The molecule has 6 nitrogen and oxygen atoms in total. The molecule has 0 saturated heterocycles. The zero-order chi connectivity index (χ0) is 12.5. The molecule has 0 atom stereocenters. The Morgan fingerprint density at radius 2 is 1.69 bits per heavy atom. The minimum atomic E-state index is -3.49. The maximum atomic E-state index is 11.3. The first-order valence-electron chi connectivity index (χ1n) is 4.46. The summed E-state index contributed by atoms with van der Waals surface area (Å²) in [5.74, 6) is -0.518. The Balaban J connectivity index is 3.46. The van der Waals surface area contributed by atoms with Crippen LogP contribution in [0, 0.1) is 13.8 Å². The van der Waals surface area contributed by atoms with Crippen molar-refractivity contribution >= 4 is 15.6 Å². The Morgan fingerprint density at radius 1 is 1.25 bits per heavy atom. The number of aliphatic hydroxyl groups is 1. The third kappa shape index (κ3) is 2.42. The maximum Gasteiger partial charge on any atom is 0.247 e. The molecule has 0 aromatic carbocycles. The molecule has 88 valence electrons. The van der Waals surface area contributed by atoms with Crippen LogP contribution in [0.1, 0.15) is 21.7 Å². The second-order valence-electron chi connectivity index (χ2n) is 3.41. The van der Waals surface area contributed by atoms with Gasteiger partial charge in [-0.25, -0.2) is 18.4 Å². The number of aromatic nitrogens is 2. The number of sulfone groups is 1. The monoisotopic (exact) mass is 244 g/mol. The Kier molecular flexibility index (Phi) is 3.39. The summed E-state index contributed by atoms with van der Waals surface area (Å²) in [6, 6.07) is 0. The van der Waals surface area contributed by atoms with Crippen molar-refractivity contribution < 1.29 is 18.3 Å². The van der Waals surface area contributed by atoms with Crippen LogP contribution in [0.25, 0.3) is 0 Å². The molecule has 1 rings (SSSR count). The maximum absolute atomic E-state index is 11.3. The summed E-state index contributed by atoms with van der Waals surface area (Å²) >= 11 is 0. The van der Waals surface area contributed by atoms with E-state index in [1.54, 1.807) is 0 Å². The molecule has 0 bridgehead atoms. The van der Waals surface area contributed by atoms with E-state index >= 15 is 0 Å². The van der Waals surface area contributed by atoms with E-state index < -0.39 is 22.2 Å². The SMILES string of the molecule is Cc1nc(S(C)(=O)=O)nc(C)c1C(=O)CO. The number of aryl methyl sites for hydroxylation is 2. The molecule has 0 unspecified atom stereocenters. The number of ketones is 1. The molecule has 0 aliphatic rings. The van der Waals surface area contributed by atoms with Crippen molar-refractivity contribution in [1.29, 1.82) is 0 Å². The fraction of sp³-hybridized carbons (Fsp3) is 0.444. The van der Waals surface area contributed by atoms with E-state index in [1.165, 1.54) is 13.8 Å². The van der Waals surface area contributed by atoms with E-state index in [0.29, 0.717) is 0 Å². The number of aliphatic hydroxyl groups excluding tert-OH is 1. The highest BCUT2D eigenvalue weighted by Gasteiger charge is 2.19. The Morgan fingerprint density at radius 3 is 2.00 bits per heavy atom. The summed E-state index contributed by atoms with van der Waals surface area (Å²) in [5.41, 5.74) is 0.689. The molecule has 7 heteroatoms. The molecule has 1 N–H and O–H groups in total. The first-order valence-corrected chi connectivity index (χ1v) is 6.36. The topological polar surface area (TPSA) is 97.2 Å². The van der Waals surface area contributed by atoms with Gasteiger partial charge in [-0.3, -0.25) is 4.79 Å². The second kappa shape index (κ2) is 4.26. The highest BCUT2D eigenvalue weighted by molar-refractivity contribution is 7.90. The van der Waals surface area contributed by atoms with E-state index in [0.717, 1.165) is 6.26 Å². The van der Waals surface area contributed by atoms with Crippen molar-refractivity contribution in [1.82, 2.24) is 9.97 Å². The van der Waals surface area contributed by atoms with E-state index in [-0.39, 0.29) is 22.1 Å². The van der Waals surface area contributed by atoms with Crippen LogP contribution in [0.15, 0.2) is 5.16 Å². The molecule has 0 amide bonds. The molecule has 1 aromatic rings. The molecular weight excluding hydrogens is 232 g/mol. The van der Waals surface area contributed by atoms with Gasteiger partial charge in [0.25, 0.3) is 0 Å². The smallest absolute Gasteiger partial charge is 0.247 e. The quantitative estimate of drug-likeness (QED) is 0.577. The van der Waals surface area contributed by atoms with Gasteiger partial charge < -0.3 is 5.11 Å². The van der Waals surface area contributed by atoms with Crippen LogP contribution >= 0.6 is 0 Å². The lowest BCUT2D eigenvalue weighted by molar-refractivity contribution is 0.0901. The minimum absolute atomic E-state index is 0.176. The van der Waals surface area contributed by atoms with Crippen LogP contribution in [0.2, 0.25) is 0 Å². The standard InChI is InChI=1S/C9H12N2O4S/c1-5-8(7(13)4-12)6(2)11-9(10-5)16(3,14)15/h12H,4H2,1-3H3. The van der Waals surface area contributed by atoms with Gasteiger partial charge in [0.2, 0.25) is 15.0 Å². The molecule has 0 spiro atoms. The summed E-state index contributed by atoms with van der Waals surface area (Å²) in [6.07, 6.45) is 0.995. The molecule has 1 heterocycles. The van der Waals surface area contributed by atoms with Crippen LogP contribution in [-0.4, -0.2) is 42.1 Å². The van der Waals surface area contributed by atoms with Crippen LogP contribution in [0.3, 0.4) is 0 Å². The summed E-state index contributed by atoms with van der Waals surface area (Å²) < 4.78 is 22.5. The normalized spacial score (nSPS) is 11.5. The van der Waals surface area contributed by atoms with Gasteiger partial charge in [0.1, 0.15) is 6.61 Å². The molecule has 0 radical (unpaired) electrons. The average molecular weight is 244 g/mol. The zero-order valence-electron chi connectivity index (χ0n) is 9.18. The Hall–Kier alpha value is -1.34. The minimum Gasteiger partial charge on any atom is -0.388 e. The average Bonchev–Trinajstić information content (AvgIpc) is 2.14. The number of carbonyl (C=O) groups is 1. The predicted octanol–water partition coefficient (Wildman–Crippen LogP) is -0.328. The van der Waals surface area contributed by atoms with Gasteiger partial charge in [0, 0.05) is 6.26 Å². The van der Waals surface area contributed by atoms with E-state index in [9.17, 15) is 13.2 Å². The molecular formula is C9H12N2O4S. The lowest BCUT2D eigenvalue weighted by atomic mass is 10.1. The Labute approximate surface area is 93.3 Å². The molecule has 0 fully saturated rings. The lowest BCUT2D eigenvalue weighted by Gasteiger charge is -2.07. The number of rotatable bonds is 3. The van der Waals surface area contributed by atoms with Crippen molar-refractivity contribution in [3.63, 3.8) is 0 Å². The third-order valence-corrected chi connectivity index (χ3v) is 2.85. The fourth-order valence-electron chi connectivity index (χ4n) is 1.33. The van der Waals surface area contributed by atoms with Crippen molar-refractivity contribution in [2.75, 3.05) is 12.9 Å².